The molecule has 31 heavy (non-hydrogen) atoms. The first-order valence-electron chi connectivity index (χ1n) is 9.65. The summed E-state index contributed by atoms with van der Waals surface area (Å²) in [6.07, 6.45) is 2.81. The minimum Gasteiger partial charge on any atom is -0.495 e. The number of halogens is 3. The lowest BCUT2D eigenvalue weighted by Crippen LogP contribution is -2.42. The van der Waals surface area contributed by atoms with E-state index in [1.807, 2.05) is 6.92 Å². The third kappa shape index (κ3) is 4.20. The quantitative estimate of drug-likeness (QED) is 0.522. The van der Waals surface area contributed by atoms with E-state index in [0.29, 0.717) is 65.3 Å². The minimum absolute atomic E-state index is 0.280. The molecule has 0 aliphatic carbocycles. The topological polar surface area (TPSA) is 80.6 Å². The van der Waals surface area contributed by atoms with Crippen LogP contribution in [0.15, 0.2) is 18.3 Å². The summed E-state index contributed by atoms with van der Waals surface area (Å²) in [4.78, 5) is 15.7. The second-order valence-electron chi connectivity index (χ2n) is 7.66. The van der Waals surface area contributed by atoms with Crippen molar-refractivity contribution in [1.82, 2.24) is 15.0 Å². The summed E-state index contributed by atoms with van der Waals surface area (Å²) in [6.45, 7) is 3.10. The standard InChI is InChI=1S/C21H21Cl3N4O3/c1-21(29)4-6-28(7-5-21)20-11-8-15(22)25-10-12(11)26-19(27-20)16-17(23)13(30-2)9-14(31-3)18(16)24/h8-10,29H,4-7H2,1-3H3. The van der Waals surface area contributed by atoms with Gasteiger partial charge >= 0.3 is 0 Å². The van der Waals surface area contributed by atoms with Crippen LogP contribution in [-0.4, -0.2) is 53.0 Å². The lowest BCUT2D eigenvalue weighted by Gasteiger charge is -2.37. The van der Waals surface area contributed by atoms with Gasteiger partial charge in [0.05, 0.1) is 47.1 Å². The summed E-state index contributed by atoms with van der Waals surface area (Å²) in [5.41, 5.74) is 0.297. The van der Waals surface area contributed by atoms with Gasteiger partial charge in [0.1, 0.15) is 22.5 Å². The van der Waals surface area contributed by atoms with E-state index in [9.17, 15) is 5.11 Å². The monoisotopic (exact) mass is 482 g/mol. The van der Waals surface area contributed by atoms with E-state index in [4.69, 9.17) is 49.3 Å². The van der Waals surface area contributed by atoms with E-state index in [1.165, 1.54) is 14.2 Å². The number of nitrogens with zero attached hydrogens (tertiary/aromatic N) is 4. The Labute approximate surface area is 194 Å². The van der Waals surface area contributed by atoms with Crippen LogP contribution in [-0.2, 0) is 0 Å². The Balaban J connectivity index is 1.94. The number of methoxy groups -OCH3 is 2. The molecule has 1 fully saturated rings. The fourth-order valence-corrected chi connectivity index (χ4v) is 4.45. The molecule has 1 aliphatic rings. The highest BCUT2D eigenvalue weighted by Crippen LogP contribution is 2.46. The molecule has 3 heterocycles. The smallest absolute Gasteiger partial charge is 0.165 e. The summed E-state index contributed by atoms with van der Waals surface area (Å²) in [6, 6.07) is 3.35. The number of ether oxygens (including phenoxy) is 2. The molecular formula is C21H21Cl3N4O3. The summed E-state index contributed by atoms with van der Waals surface area (Å²) in [7, 11) is 3.02. The normalized spacial score (nSPS) is 15.9. The van der Waals surface area contributed by atoms with Crippen molar-refractivity contribution in [3.63, 3.8) is 0 Å². The van der Waals surface area contributed by atoms with Crippen LogP contribution in [0.25, 0.3) is 22.3 Å². The third-order valence-corrected chi connectivity index (χ3v) is 6.42. The summed E-state index contributed by atoms with van der Waals surface area (Å²) >= 11 is 19.4. The highest BCUT2D eigenvalue weighted by atomic mass is 35.5. The molecule has 0 bridgehead atoms. The highest BCUT2D eigenvalue weighted by Gasteiger charge is 2.30. The molecule has 3 aromatic rings. The third-order valence-electron chi connectivity index (χ3n) is 5.47. The first kappa shape index (κ1) is 22.1. The number of fused-ring (bicyclic) bond motifs is 1. The zero-order valence-electron chi connectivity index (χ0n) is 17.2. The maximum absolute atomic E-state index is 10.4. The van der Waals surface area contributed by atoms with Crippen molar-refractivity contribution >= 4 is 51.5 Å². The molecule has 1 N–H and O–H groups in total. The lowest BCUT2D eigenvalue weighted by molar-refractivity contribution is 0.0350. The fourth-order valence-electron chi connectivity index (χ4n) is 3.63. The van der Waals surface area contributed by atoms with Gasteiger partial charge in [-0.25, -0.2) is 15.0 Å². The molecule has 1 aliphatic heterocycles. The number of rotatable bonds is 4. The van der Waals surface area contributed by atoms with E-state index in [1.54, 1.807) is 18.3 Å². The van der Waals surface area contributed by atoms with E-state index in [2.05, 4.69) is 14.9 Å². The number of piperidine rings is 1. The van der Waals surface area contributed by atoms with E-state index in [-0.39, 0.29) is 10.0 Å². The SMILES string of the molecule is COc1cc(OC)c(Cl)c(-c2nc(N3CCC(C)(O)CC3)c3cc(Cl)ncc3n2)c1Cl. The Morgan fingerprint density at radius 2 is 1.61 bits per heavy atom. The molecule has 10 heteroatoms. The second kappa shape index (κ2) is 8.47. The molecule has 164 valence electrons. The van der Waals surface area contributed by atoms with Crippen LogP contribution >= 0.6 is 34.8 Å². The number of pyridine rings is 1. The van der Waals surface area contributed by atoms with Gasteiger partial charge in [-0.05, 0) is 25.8 Å². The van der Waals surface area contributed by atoms with Gasteiger partial charge in [-0.2, -0.15) is 0 Å². The zero-order chi connectivity index (χ0) is 22.3. The van der Waals surface area contributed by atoms with Crippen LogP contribution in [0.1, 0.15) is 19.8 Å². The Bertz CT molecular complexity index is 1120. The Kier molecular flexibility index (Phi) is 6.05. The van der Waals surface area contributed by atoms with Crippen molar-refractivity contribution in [2.75, 3.05) is 32.2 Å². The van der Waals surface area contributed by atoms with Crippen LogP contribution in [0, 0.1) is 0 Å². The first-order chi connectivity index (χ1) is 14.7. The van der Waals surface area contributed by atoms with Crippen molar-refractivity contribution in [2.45, 2.75) is 25.4 Å². The van der Waals surface area contributed by atoms with Crippen molar-refractivity contribution in [2.24, 2.45) is 0 Å². The van der Waals surface area contributed by atoms with Crippen molar-refractivity contribution < 1.29 is 14.6 Å². The average molecular weight is 484 g/mol. The largest absolute Gasteiger partial charge is 0.495 e. The molecule has 4 rings (SSSR count). The maximum atomic E-state index is 10.4. The molecule has 0 unspecified atom stereocenters. The van der Waals surface area contributed by atoms with Crippen LogP contribution in [0.3, 0.4) is 0 Å². The van der Waals surface area contributed by atoms with Crippen LogP contribution in [0.4, 0.5) is 5.82 Å². The number of aromatic nitrogens is 3. The lowest BCUT2D eigenvalue weighted by atomic mass is 9.94. The summed E-state index contributed by atoms with van der Waals surface area (Å²) < 4.78 is 10.8. The molecule has 0 amide bonds. The van der Waals surface area contributed by atoms with Crippen molar-refractivity contribution in [1.29, 1.82) is 0 Å². The Hall–Kier alpha value is -2.06. The first-order valence-corrected chi connectivity index (χ1v) is 10.8. The number of aliphatic hydroxyl groups is 1. The Morgan fingerprint density at radius 3 is 2.19 bits per heavy atom. The number of hydrogen-bond donors (Lipinski definition) is 1. The average Bonchev–Trinajstić information content (AvgIpc) is 2.74. The fraction of sp³-hybridized carbons (Fsp3) is 0.381. The number of anilines is 1. The van der Waals surface area contributed by atoms with Gasteiger partial charge in [-0.3, -0.25) is 0 Å². The maximum Gasteiger partial charge on any atom is 0.165 e. The summed E-state index contributed by atoms with van der Waals surface area (Å²) in [5, 5.41) is 12.0. The van der Waals surface area contributed by atoms with Crippen LogP contribution in [0.2, 0.25) is 15.2 Å². The number of hydrogen-bond acceptors (Lipinski definition) is 7. The van der Waals surface area contributed by atoms with Crippen LogP contribution < -0.4 is 14.4 Å². The van der Waals surface area contributed by atoms with Gasteiger partial charge in [0.2, 0.25) is 0 Å². The molecule has 7 nitrogen and oxygen atoms in total. The summed E-state index contributed by atoms with van der Waals surface area (Å²) in [5.74, 6) is 1.78. The van der Waals surface area contributed by atoms with Crippen molar-refractivity contribution in [3.05, 3.63) is 33.5 Å². The van der Waals surface area contributed by atoms with Gasteiger partial charge in [0, 0.05) is 24.5 Å². The molecule has 0 saturated carbocycles. The van der Waals surface area contributed by atoms with Gasteiger partial charge < -0.3 is 19.5 Å². The van der Waals surface area contributed by atoms with Crippen LogP contribution in [0.5, 0.6) is 11.5 Å². The molecule has 0 atom stereocenters. The van der Waals surface area contributed by atoms with E-state index >= 15 is 0 Å². The molecule has 1 saturated heterocycles. The molecular weight excluding hydrogens is 463 g/mol. The predicted molar refractivity (Wildman–Crippen MR) is 123 cm³/mol. The van der Waals surface area contributed by atoms with Gasteiger partial charge in [-0.1, -0.05) is 34.8 Å². The van der Waals surface area contributed by atoms with Gasteiger partial charge in [0.25, 0.3) is 0 Å². The molecule has 2 aromatic heterocycles. The van der Waals surface area contributed by atoms with Gasteiger partial charge in [0.15, 0.2) is 5.82 Å². The zero-order valence-corrected chi connectivity index (χ0v) is 19.5. The van der Waals surface area contributed by atoms with Crippen molar-refractivity contribution in [3.8, 4) is 22.9 Å². The highest BCUT2D eigenvalue weighted by molar-refractivity contribution is 6.41. The van der Waals surface area contributed by atoms with E-state index in [0.717, 1.165) is 5.39 Å². The second-order valence-corrected chi connectivity index (χ2v) is 8.81. The predicted octanol–water partition coefficient (Wildman–Crippen LogP) is 5.02. The number of benzene rings is 1. The Morgan fingerprint density at radius 1 is 1.00 bits per heavy atom. The molecule has 1 aromatic carbocycles. The minimum atomic E-state index is -0.700. The van der Waals surface area contributed by atoms with E-state index < -0.39 is 5.60 Å². The molecule has 0 radical (unpaired) electrons. The molecule has 0 spiro atoms. The van der Waals surface area contributed by atoms with Gasteiger partial charge in [-0.15, -0.1) is 0 Å².